The molecule has 2 aliphatic rings. The van der Waals surface area contributed by atoms with Crippen LogP contribution in [0, 0.1) is 6.92 Å². The van der Waals surface area contributed by atoms with Crippen LogP contribution in [0.5, 0.6) is 11.5 Å². The van der Waals surface area contributed by atoms with E-state index >= 15 is 0 Å². The summed E-state index contributed by atoms with van der Waals surface area (Å²) in [4.78, 5) is 23.5. The topological polar surface area (TPSA) is 64.6 Å². The lowest BCUT2D eigenvalue weighted by atomic mass is 10.1. The first-order valence-electron chi connectivity index (χ1n) is 7.71. The van der Waals surface area contributed by atoms with Gasteiger partial charge in [0.2, 0.25) is 6.79 Å². The van der Waals surface area contributed by atoms with Gasteiger partial charge in [0.25, 0.3) is 5.91 Å². The summed E-state index contributed by atoms with van der Waals surface area (Å²) in [5, 5.41) is 0. The summed E-state index contributed by atoms with van der Waals surface area (Å²) in [6, 6.07) is 5.31. The van der Waals surface area contributed by atoms with Gasteiger partial charge in [-0.15, -0.1) is 0 Å². The standard InChI is InChI=1S/C17H17N3O3/c1-11-8-18-9-13(19-11)14-3-2-6-20(14)17(21)12-4-5-15-16(7-12)23-10-22-15/h4-5,7-9,14H,2-3,6,10H2,1H3/t14-/m1/s1. The summed E-state index contributed by atoms with van der Waals surface area (Å²) in [5.41, 5.74) is 2.34. The van der Waals surface area contributed by atoms with Gasteiger partial charge in [-0.3, -0.25) is 14.8 Å². The van der Waals surface area contributed by atoms with Crippen molar-refractivity contribution in [2.45, 2.75) is 25.8 Å². The molecule has 2 aliphatic heterocycles. The van der Waals surface area contributed by atoms with Gasteiger partial charge in [0.05, 0.1) is 23.6 Å². The fourth-order valence-corrected chi connectivity index (χ4v) is 3.16. The molecule has 23 heavy (non-hydrogen) atoms. The van der Waals surface area contributed by atoms with E-state index in [-0.39, 0.29) is 18.7 Å². The number of carbonyl (C=O) groups is 1. The summed E-state index contributed by atoms with van der Waals surface area (Å²) in [6.45, 7) is 2.85. The summed E-state index contributed by atoms with van der Waals surface area (Å²) >= 11 is 0. The first-order chi connectivity index (χ1) is 11.2. The van der Waals surface area contributed by atoms with Gasteiger partial charge in [-0.25, -0.2) is 0 Å². The van der Waals surface area contributed by atoms with E-state index in [1.165, 1.54) is 0 Å². The van der Waals surface area contributed by atoms with Crippen molar-refractivity contribution in [3.63, 3.8) is 0 Å². The maximum atomic E-state index is 12.9. The Morgan fingerprint density at radius 2 is 2.13 bits per heavy atom. The third-order valence-electron chi connectivity index (χ3n) is 4.25. The monoisotopic (exact) mass is 311 g/mol. The zero-order chi connectivity index (χ0) is 15.8. The van der Waals surface area contributed by atoms with E-state index < -0.39 is 0 Å². The quantitative estimate of drug-likeness (QED) is 0.852. The summed E-state index contributed by atoms with van der Waals surface area (Å²) in [7, 11) is 0. The highest BCUT2D eigenvalue weighted by Gasteiger charge is 2.32. The molecule has 1 amide bonds. The highest BCUT2D eigenvalue weighted by Crippen LogP contribution is 2.35. The molecule has 0 unspecified atom stereocenters. The Morgan fingerprint density at radius 1 is 1.26 bits per heavy atom. The lowest BCUT2D eigenvalue weighted by Crippen LogP contribution is -2.31. The number of amides is 1. The molecule has 6 nitrogen and oxygen atoms in total. The highest BCUT2D eigenvalue weighted by atomic mass is 16.7. The number of benzene rings is 1. The van der Waals surface area contributed by atoms with Crippen molar-refractivity contribution in [2.24, 2.45) is 0 Å². The number of aromatic nitrogens is 2. The number of aryl methyl sites for hydroxylation is 1. The zero-order valence-electron chi connectivity index (χ0n) is 12.9. The molecule has 0 bridgehead atoms. The maximum Gasteiger partial charge on any atom is 0.254 e. The minimum Gasteiger partial charge on any atom is -0.454 e. The molecule has 0 saturated carbocycles. The predicted octanol–water partition coefficient (Wildman–Crippen LogP) is 2.49. The molecule has 2 aromatic rings. The number of carbonyl (C=O) groups excluding carboxylic acids is 1. The molecule has 118 valence electrons. The smallest absolute Gasteiger partial charge is 0.254 e. The molecule has 0 spiro atoms. The fraction of sp³-hybridized carbons (Fsp3) is 0.353. The Bertz CT molecular complexity index is 762. The van der Waals surface area contributed by atoms with Crippen LogP contribution in [-0.4, -0.2) is 34.1 Å². The van der Waals surface area contributed by atoms with E-state index in [0.717, 1.165) is 30.8 Å². The molecule has 1 fully saturated rings. The van der Waals surface area contributed by atoms with Gasteiger partial charge >= 0.3 is 0 Å². The fourth-order valence-electron chi connectivity index (χ4n) is 3.16. The number of fused-ring (bicyclic) bond motifs is 1. The van der Waals surface area contributed by atoms with Gasteiger partial charge in [-0.05, 0) is 38.0 Å². The predicted molar refractivity (Wildman–Crippen MR) is 82.3 cm³/mol. The molecule has 0 aliphatic carbocycles. The molecule has 1 aromatic carbocycles. The lowest BCUT2D eigenvalue weighted by molar-refractivity contribution is 0.0732. The van der Waals surface area contributed by atoms with E-state index in [2.05, 4.69) is 9.97 Å². The average molecular weight is 311 g/mol. The number of hydrogen-bond acceptors (Lipinski definition) is 5. The first kappa shape index (κ1) is 14.0. The van der Waals surface area contributed by atoms with Crippen LogP contribution in [0.4, 0.5) is 0 Å². The van der Waals surface area contributed by atoms with E-state index in [9.17, 15) is 4.79 Å². The minimum absolute atomic E-state index is 0.00546. The van der Waals surface area contributed by atoms with Crippen molar-refractivity contribution in [1.82, 2.24) is 14.9 Å². The van der Waals surface area contributed by atoms with Crippen molar-refractivity contribution in [3.8, 4) is 11.5 Å². The van der Waals surface area contributed by atoms with E-state index in [4.69, 9.17) is 9.47 Å². The SMILES string of the molecule is Cc1cncc([C@H]2CCCN2C(=O)c2ccc3c(c2)OCO3)n1. The maximum absolute atomic E-state index is 12.9. The molecule has 6 heteroatoms. The van der Waals surface area contributed by atoms with Crippen LogP contribution in [0.15, 0.2) is 30.6 Å². The largest absolute Gasteiger partial charge is 0.454 e. The number of ether oxygens (including phenoxy) is 2. The van der Waals surface area contributed by atoms with Crippen LogP contribution in [0.25, 0.3) is 0 Å². The summed E-state index contributed by atoms with van der Waals surface area (Å²) in [5.74, 6) is 1.31. The number of likely N-dealkylation sites (tertiary alicyclic amines) is 1. The van der Waals surface area contributed by atoms with Crippen molar-refractivity contribution < 1.29 is 14.3 Å². The van der Waals surface area contributed by atoms with Crippen LogP contribution < -0.4 is 9.47 Å². The van der Waals surface area contributed by atoms with Crippen molar-refractivity contribution in [1.29, 1.82) is 0 Å². The van der Waals surface area contributed by atoms with Crippen LogP contribution in [0.2, 0.25) is 0 Å². The molecule has 3 heterocycles. The molecule has 0 radical (unpaired) electrons. The van der Waals surface area contributed by atoms with Crippen molar-refractivity contribution in [3.05, 3.63) is 47.5 Å². The second kappa shape index (κ2) is 5.53. The molecular formula is C17H17N3O3. The van der Waals surface area contributed by atoms with Gasteiger partial charge in [0.1, 0.15) is 0 Å². The second-order valence-corrected chi connectivity index (χ2v) is 5.81. The Balaban J connectivity index is 1.62. The summed E-state index contributed by atoms with van der Waals surface area (Å²) in [6.07, 6.45) is 5.36. The van der Waals surface area contributed by atoms with Gasteiger partial charge in [0, 0.05) is 18.3 Å². The van der Waals surface area contributed by atoms with Crippen molar-refractivity contribution in [2.75, 3.05) is 13.3 Å². The van der Waals surface area contributed by atoms with E-state index in [1.54, 1.807) is 30.6 Å². The van der Waals surface area contributed by atoms with Crippen LogP contribution in [0.1, 0.15) is 40.6 Å². The molecule has 0 N–H and O–H groups in total. The number of rotatable bonds is 2. The Labute approximate surface area is 134 Å². The second-order valence-electron chi connectivity index (χ2n) is 5.81. The summed E-state index contributed by atoms with van der Waals surface area (Å²) < 4.78 is 10.7. The van der Waals surface area contributed by atoms with Gasteiger partial charge in [-0.1, -0.05) is 0 Å². The number of hydrogen-bond donors (Lipinski definition) is 0. The molecule has 4 rings (SSSR count). The normalized spacial score (nSPS) is 19.2. The molecule has 1 atom stereocenters. The average Bonchev–Trinajstić information content (AvgIpc) is 3.22. The Morgan fingerprint density at radius 3 is 3.00 bits per heavy atom. The van der Waals surface area contributed by atoms with Crippen LogP contribution in [-0.2, 0) is 0 Å². The number of nitrogens with zero attached hydrogens (tertiary/aromatic N) is 3. The van der Waals surface area contributed by atoms with Crippen molar-refractivity contribution >= 4 is 5.91 Å². The minimum atomic E-state index is -0.0136. The third kappa shape index (κ3) is 2.50. The van der Waals surface area contributed by atoms with Gasteiger partial charge in [-0.2, -0.15) is 0 Å². The van der Waals surface area contributed by atoms with Gasteiger partial charge < -0.3 is 14.4 Å². The Kier molecular flexibility index (Phi) is 3.37. The molecule has 1 aromatic heterocycles. The van der Waals surface area contributed by atoms with E-state index in [1.807, 2.05) is 11.8 Å². The van der Waals surface area contributed by atoms with Gasteiger partial charge in [0.15, 0.2) is 11.5 Å². The lowest BCUT2D eigenvalue weighted by Gasteiger charge is -2.24. The first-order valence-corrected chi connectivity index (χ1v) is 7.71. The third-order valence-corrected chi connectivity index (χ3v) is 4.25. The Hall–Kier alpha value is -2.63. The molecule has 1 saturated heterocycles. The van der Waals surface area contributed by atoms with Crippen LogP contribution in [0.3, 0.4) is 0 Å². The van der Waals surface area contributed by atoms with E-state index in [0.29, 0.717) is 17.1 Å². The zero-order valence-corrected chi connectivity index (χ0v) is 12.9. The molecular weight excluding hydrogens is 294 g/mol. The van der Waals surface area contributed by atoms with Crippen LogP contribution >= 0.6 is 0 Å². The highest BCUT2D eigenvalue weighted by molar-refractivity contribution is 5.95.